The maximum atomic E-state index is 13.0. The highest BCUT2D eigenvalue weighted by atomic mass is 79.9. The van der Waals surface area contributed by atoms with Gasteiger partial charge in [-0.1, -0.05) is 70.5 Å². The molecule has 0 bridgehead atoms. The molecule has 0 radical (unpaired) electrons. The normalized spacial score (nSPS) is 14.8. The molecule has 1 aliphatic rings. The number of hydrogen-bond donors (Lipinski definition) is 0. The van der Waals surface area contributed by atoms with Crippen LogP contribution in [-0.2, 0) is 11.3 Å². The van der Waals surface area contributed by atoms with Crippen molar-refractivity contribution in [2.45, 2.75) is 20.4 Å². The van der Waals surface area contributed by atoms with E-state index < -0.39 is 0 Å². The molecule has 2 heterocycles. The van der Waals surface area contributed by atoms with Crippen molar-refractivity contribution < 1.29 is 9.59 Å². The number of imide groups is 1. The maximum Gasteiger partial charge on any atom is 0.293 e. The number of hydrogen-bond acceptors (Lipinski definition) is 3. The van der Waals surface area contributed by atoms with Crippen molar-refractivity contribution in [3.63, 3.8) is 0 Å². The molecule has 35 heavy (non-hydrogen) atoms. The molecule has 5 rings (SSSR count). The predicted molar refractivity (Wildman–Crippen MR) is 146 cm³/mol. The van der Waals surface area contributed by atoms with Gasteiger partial charge < -0.3 is 4.57 Å². The summed E-state index contributed by atoms with van der Waals surface area (Å²) in [5.41, 5.74) is 7.33. The van der Waals surface area contributed by atoms with Crippen molar-refractivity contribution in [3.05, 3.63) is 117 Å². The van der Waals surface area contributed by atoms with Crippen LogP contribution >= 0.6 is 27.7 Å². The minimum atomic E-state index is -0.250. The Balaban J connectivity index is 1.40. The molecule has 2 amide bonds. The van der Waals surface area contributed by atoms with Gasteiger partial charge in [-0.05, 0) is 84.3 Å². The lowest BCUT2D eigenvalue weighted by Gasteiger charge is -2.12. The molecule has 4 nitrogen and oxygen atoms in total. The van der Waals surface area contributed by atoms with Gasteiger partial charge in [0.15, 0.2) is 0 Å². The Morgan fingerprint density at radius 3 is 2.20 bits per heavy atom. The van der Waals surface area contributed by atoms with Crippen LogP contribution in [0.4, 0.5) is 4.79 Å². The molecule has 1 aliphatic heterocycles. The van der Waals surface area contributed by atoms with E-state index in [1.807, 2.05) is 55.5 Å². The van der Waals surface area contributed by atoms with Crippen LogP contribution in [-0.4, -0.2) is 20.6 Å². The Morgan fingerprint density at radius 1 is 0.857 bits per heavy atom. The van der Waals surface area contributed by atoms with Gasteiger partial charge in [-0.15, -0.1) is 0 Å². The zero-order valence-electron chi connectivity index (χ0n) is 19.4. The smallest absolute Gasteiger partial charge is 0.293 e. The van der Waals surface area contributed by atoms with Gasteiger partial charge in [0.2, 0.25) is 0 Å². The number of rotatable bonds is 5. The first-order chi connectivity index (χ1) is 16.9. The highest BCUT2D eigenvalue weighted by Crippen LogP contribution is 2.35. The quantitative estimate of drug-likeness (QED) is 0.242. The van der Waals surface area contributed by atoms with Crippen LogP contribution in [0.3, 0.4) is 0 Å². The summed E-state index contributed by atoms with van der Waals surface area (Å²) in [6, 6.07) is 28.4. The van der Waals surface area contributed by atoms with Crippen LogP contribution < -0.4 is 0 Å². The SMILES string of the molecule is Cc1cc(/C=C2\SC(=O)N(Cc3ccc(Br)cc3)C2=O)c(C)n1-c1ccc(-c2ccccc2)cc1. The molecule has 1 fully saturated rings. The summed E-state index contributed by atoms with van der Waals surface area (Å²) in [6.07, 6.45) is 1.84. The third kappa shape index (κ3) is 4.77. The van der Waals surface area contributed by atoms with E-state index in [2.05, 4.69) is 69.9 Å². The molecule has 0 atom stereocenters. The lowest BCUT2D eigenvalue weighted by molar-refractivity contribution is -0.123. The third-order valence-electron chi connectivity index (χ3n) is 6.12. The molecule has 0 unspecified atom stereocenters. The number of halogens is 1. The fourth-order valence-electron chi connectivity index (χ4n) is 4.31. The summed E-state index contributed by atoms with van der Waals surface area (Å²) < 4.78 is 3.13. The molecule has 1 aromatic heterocycles. The predicted octanol–water partition coefficient (Wildman–Crippen LogP) is 7.76. The summed E-state index contributed by atoms with van der Waals surface area (Å²) >= 11 is 4.41. The fraction of sp³-hybridized carbons (Fsp3) is 0.103. The molecule has 174 valence electrons. The number of nitrogens with zero attached hydrogens (tertiary/aromatic N) is 2. The Labute approximate surface area is 217 Å². The monoisotopic (exact) mass is 542 g/mol. The van der Waals surface area contributed by atoms with Crippen molar-refractivity contribution in [3.8, 4) is 16.8 Å². The second-order valence-corrected chi connectivity index (χ2v) is 10.4. The van der Waals surface area contributed by atoms with Gasteiger partial charge in [0.25, 0.3) is 11.1 Å². The summed E-state index contributed by atoms with van der Waals surface area (Å²) in [7, 11) is 0. The number of carbonyl (C=O) groups excluding carboxylic acids is 2. The van der Waals surface area contributed by atoms with Gasteiger partial charge in [-0.25, -0.2) is 0 Å². The molecule has 0 aliphatic carbocycles. The summed E-state index contributed by atoms with van der Waals surface area (Å²) in [4.78, 5) is 27.4. The van der Waals surface area contributed by atoms with E-state index in [1.54, 1.807) is 0 Å². The lowest BCUT2D eigenvalue weighted by Crippen LogP contribution is -2.27. The Hall–Kier alpha value is -3.35. The number of amides is 2. The minimum Gasteiger partial charge on any atom is -0.318 e. The van der Waals surface area contributed by atoms with E-state index in [0.29, 0.717) is 4.91 Å². The number of thioether (sulfide) groups is 1. The number of benzene rings is 3. The van der Waals surface area contributed by atoms with E-state index in [-0.39, 0.29) is 17.7 Å². The van der Waals surface area contributed by atoms with Crippen LogP contribution in [0.5, 0.6) is 0 Å². The van der Waals surface area contributed by atoms with Crippen LogP contribution in [0.15, 0.2) is 94.3 Å². The highest BCUT2D eigenvalue weighted by Gasteiger charge is 2.35. The molecule has 0 saturated carbocycles. The minimum absolute atomic E-state index is 0.241. The average molecular weight is 543 g/mol. The first kappa shape index (κ1) is 23.4. The largest absolute Gasteiger partial charge is 0.318 e. The molecular weight excluding hydrogens is 520 g/mol. The van der Waals surface area contributed by atoms with E-state index in [4.69, 9.17) is 0 Å². The van der Waals surface area contributed by atoms with Gasteiger partial charge in [-0.2, -0.15) is 0 Å². The second-order valence-electron chi connectivity index (χ2n) is 8.47. The van der Waals surface area contributed by atoms with Gasteiger partial charge in [-0.3, -0.25) is 14.5 Å². The number of aromatic nitrogens is 1. The van der Waals surface area contributed by atoms with Gasteiger partial charge in [0.05, 0.1) is 11.4 Å². The molecule has 0 spiro atoms. The molecule has 4 aromatic rings. The zero-order valence-corrected chi connectivity index (χ0v) is 21.8. The van der Waals surface area contributed by atoms with Crippen LogP contribution in [0.25, 0.3) is 22.9 Å². The Morgan fingerprint density at radius 2 is 1.51 bits per heavy atom. The van der Waals surface area contributed by atoms with Crippen molar-refractivity contribution in [1.82, 2.24) is 9.47 Å². The molecule has 1 saturated heterocycles. The second kappa shape index (κ2) is 9.72. The van der Waals surface area contributed by atoms with E-state index in [1.165, 1.54) is 10.5 Å². The topological polar surface area (TPSA) is 42.3 Å². The average Bonchev–Trinajstić information content (AvgIpc) is 3.30. The van der Waals surface area contributed by atoms with Crippen molar-refractivity contribution in [2.75, 3.05) is 0 Å². The summed E-state index contributed by atoms with van der Waals surface area (Å²) in [6.45, 7) is 4.35. The van der Waals surface area contributed by atoms with Gasteiger partial charge in [0.1, 0.15) is 0 Å². The van der Waals surface area contributed by atoms with Crippen molar-refractivity contribution >= 4 is 44.9 Å². The van der Waals surface area contributed by atoms with E-state index in [0.717, 1.165) is 50.0 Å². The first-order valence-electron chi connectivity index (χ1n) is 11.3. The Bertz CT molecular complexity index is 1440. The molecular formula is C29H23BrN2O2S. The lowest BCUT2D eigenvalue weighted by atomic mass is 10.1. The number of carbonyl (C=O) groups is 2. The molecule has 0 N–H and O–H groups in total. The van der Waals surface area contributed by atoms with Crippen LogP contribution in [0.1, 0.15) is 22.5 Å². The van der Waals surface area contributed by atoms with Crippen molar-refractivity contribution in [1.29, 1.82) is 0 Å². The fourth-order valence-corrected chi connectivity index (χ4v) is 5.41. The highest BCUT2D eigenvalue weighted by molar-refractivity contribution is 9.10. The van der Waals surface area contributed by atoms with E-state index in [9.17, 15) is 9.59 Å². The van der Waals surface area contributed by atoms with Crippen LogP contribution in [0.2, 0.25) is 0 Å². The summed E-state index contributed by atoms with van der Waals surface area (Å²) in [5, 5.41) is -0.241. The standard InChI is InChI=1S/C29H23BrN2O2S/c1-19-16-24(17-27-28(33)31(29(34)35-27)18-21-8-12-25(30)13-9-21)20(2)32(19)26-14-10-23(11-15-26)22-6-4-3-5-7-22/h3-17H,18H2,1-2H3/b27-17-. The van der Waals surface area contributed by atoms with Crippen LogP contribution in [0, 0.1) is 13.8 Å². The molecule has 6 heteroatoms. The summed E-state index contributed by atoms with van der Waals surface area (Å²) in [5.74, 6) is -0.250. The van der Waals surface area contributed by atoms with E-state index >= 15 is 0 Å². The number of aryl methyl sites for hydroxylation is 1. The zero-order chi connectivity index (χ0) is 24.5. The maximum absolute atomic E-state index is 13.0. The molecule has 3 aromatic carbocycles. The first-order valence-corrected chi connectivity index (χ1v) is 12.9. The van der Waals surface area contributed by atoms with Gasteiger partial charge in [0, 0.05) is 21.5 Å². The van der Waals surface area contributed by atoms with Gasteiger partial charge >= 0.3 is 0 Å². The Kier molecular flexibility index (Phi) is 6.50. The third-order valence-corrected chi connectivity index (χ3v) is 7.55. The van der Waals surface area contributed by atoms with Crippen molar-refractivity contribution in [2.24, 2.45) is 0 Å².